The molecule has 27 heavy (non-hydrogen) atoms. The van der Waals surface area contributed by atoms with Crippen LogP contribution >= 0.6 is 0 Å². The van der Waals surface area contributed by atoms with E-state index >= 15 is 0 Å². The molecular weight excluding hydrogens is 348 g/mol. The van der Waals surface area contributed by atoms with Gasteiger partial charge in [0.15, 0.2) is 0 Å². The molecule has 3 heterocycles. The van der Waals surface area contributed by atoms with Gasteiger partial charge in [-0.1, -0.05) is 12.1 Å². The van der Waals surface area contributed by atoms with Crippen molar-refractivity contribution in [1.29, 1.82) is 5.26 Å². The van der Waals surface area contributed by atoms with Crippen molar-refractivity contribution in [2.24, 2.45) is 5.73 Å². The first kappa shape index (κ1) is 16.5. The van der Waals surface area contributed by atoms with E-state index in [-0.39, 0.29) is 11.6 Å². The SMILES string of the molecule is Cc1[nH]nc2c1[C@@H](c1ccc(OC(=O)c3ccco3)cc1)C(C#N)=C(N)O2. The van der Waals surface area contributed by atoms with Crippen molar-refractivity contribution in [3.63, 3.8) is 0 Å². The van der Waals surface area contributed by atoms with E-state index in [9.17, 15) is 10.1 Å². The summed E-state index contributed by atoms with van der Waals surface area (Å²) >= 11 is 0. The minimum absolute atomic E-state index is 0.0230. The molecule has 0 saturated heterocycles. The number of aromatic amines is 1. The van der Waals surface area contributed by atoms with Crippen molar-refractivity contribution in [2.45, 2.75) is 12.8 Å². The number of hydrogen-bond donors (Lipinski definition) is 2. The lowest BCUT2D eigenvalue weighted by Crippen LogP contribution is -2.21. The Morgan fingerprint density at radius 3 is 2.78 bits per heavy atom. The molecule has 4 rings (SSSR count). The summed E-state index contributed by atoms with van der Waals surface area (Å²) in [6.45, 7) is 1.85. The van der Waals surface area contributed by atoms with E-state index in [0.717, 1.165) is 16.8 Å². The van der Waals surface area contributed by atoms with Crippen LogP contribution < -0.4 is 15.2 Å². The van der Waals surface area contributed by atoms with Gasteiger partial charge in [-0.2, -0.15) is 5.26 Å². The average molecular weight is 362 g/mol. The van der Waals surface area contributed by atoms with Crippen LogP contribution in [-0.2, 0) is 0 Å². The number of rotatable bonds is 3. The second-order valence-corrected chi connectivity index (χ2v) is 5.93. The highest BCUT2D eigenvalue weighted by atomic mass is 16.5. The Hall–Kier alpha value is -3.99. The van der Waals surface area contributed by atoms with Crippen LogP contribution in [0.5, 0.6) is 11.6 Å². The van der Waals surface area contributed by atoms with E-state index in [1.165, 1.54) is 12.3 Å². The number of aryl methyl sites for hydroxylation is 1. The molecule has 1 aliphatic heterocycles. The van der Waals surface area contributed by atoms with Crippen molar-refractivity contribution in [3.05, 3.63) is 76.7 Å². The quantitative estimate of drug-likeness (QED) is 0.541. The van der Waals surface area contributed by atoms with Crippen molar-refractivity contribution in [3.8, 4) is 17.7 Å². The van der Waals surface area contributed by atoms with Gasteiger partial charge in [0, 0.05) is 11.3 Å². The minimum atomic E-state index is -0.589. The Bertz CT molecular complexity index is 1070. The fourth-order valence-electron chi connectivity index (χ4n) is 3.01. The molecule has 1 atom stereocenters. The molecule has 0 saturated carbocycles. The number of aromatic nitrogens is 2. The molecule has 0 aliphatic carbocycles. The molecule has 8 nitrogen and oxygen atoms in total. The van der Waals surface area contributed by atoms with Crippen LogP contribution in [0.25, 0.3) is 0 Å². The summed E-state index contributed by atoms with van der Waals surface area (Å²) in [4.78, 5) is 12.0. The maximum atomic E-state index is 12.0. The minimum Gasteiger partial charge on any atom is -0.457 e. The number of nitrogens with two attached hydrogens (primary N) is 1. The molecule has 0 amide bonds. The lowest BCUT2D eigenvalue weighted by atomic mass is 9.84. The first-order chi connectivity index (χ1) is 13.1. The van der Waals surface area contributed by atoms with Gasteiger partial charge < -0.3 is 19.6 Å². The van der Waals surface area contributed by atoms with Gasteiger partial charge in [-0.25, -0.2) is 4.79 Å². The van der Waals surface area contributed by atoms with Gasteiger partial charge in [0.05, 0.1) is 12.2 Å². The smallest absolute Gasteiger partial charge is 0.379 e. The lowest BCUT2D eigenvalue weighted by molar-refractivity contribution is 0.0701. The highest BCUT2D eigenvalue weighted by molar-refractivity contribution is 5.88. The Labute approximate surface area is 153 Å². The number of benzene rings is 1. The number of esters is 1. The number of hydrogen-bond acceptors (Lipinski definition) is 7. The summed E-state index contributed by atoms with van der Waals surface area (Å²) in [7, 11) is 0. The highest BCUT2D eigenvalue weighted by Gasteiger charge is 2.34. The number of H-pyrrole nitrogens is 1. The van der Waals surface area contributed by atoms with E-state index in [1.54, 1.807) is 30.3 Å². The number of nitriles is 1. The molecule has 134 valence electrons. The molecule has 8 heteroatoms. The summed E-state index contributed by atoms with van der Waals surface area (Å²) in [5.41, 5.74) is 8.52. The number of ether oxygens (including phenoxy) is 2. The van der Waals surface area contributed by atoms with Crippen LogP contribution in [-0.4, -0.2) is 16.2 Å². The van der Waals surface area contributed by atoms with Crippen LogP contribution in [0, 0.1) is 18.3 Å². The molecule has 0 fully saturated rings. The first-order valence-corrected chi connectivity index (χ1v) is 8.06. The van der Waals surface area contributed by atoms with Crippen LogP contribution in [0.2, 0.25) is 0 Å². The molecule has 0 spiro atoms. The second kappa shape index (κ2) is 6.38. The van der Waals surface area contributed by atoms with Gasteiger partial charge in [0.1, 0.15) is 17.4 Å². The predicted molar refractivity (Wildman–Crippen MR) is 92.7 cm³/mol. The third kappa shape index (κ3) is 2.81. The largest absolute Gasteiger partial charge is 0.457 e. The van der Waals surface area contributed by atoms with Gasteiger partial charge in [-0.05, 0) is 36.8 Å². The summed E-state index contributed by atoms with van der Waals surface area (Å²) in [6.07, 6.45) is 1.40. The highest BCUT2D eigenvalue weighted by Crippen LogP contribution is 2.42. The predicted octanol–water partition coefficient (Wildman–Crippen LogP) is 2.75. The van der Waals surface area contributed by atoms with Crippen molar-refractivity contribution in [1.82, 2.24) is 10.2 Å². The Morgan fingerprint density at radius 1 is 1.33 bits per heavy atom. The fourth-order valence-corrected chi connectivity index (χ4v) is 3.01. The van der Waals surface area contributed by atoms with Gasteiger partial charge in [0.25, 0.3) is 0 Å². The van der Waals surface area contributed by atoms with Gasteiger partial charge in [0.2, 0.25) is 17.5 Å². The number of allylic oxidation sites excluding steroid dienone is 1. The molecular formula is C19H14N4O4. The van der Waals surface area contributed by atoms with Crippen LogP contribution in [0.1, 0.15) is 33.3 Å². The maximum absolute atomic E-state index is 12.0. The molecule has 1 aromatic carbocycles. The van der Waals surface area contributed by atoms with Gasteiger partial charge >= 0.3 is 5.97 Å². The summed E-state index contributed by atoms with van der Waals surface area (Å²) in [6, 6.07) is 12.1. The number of nitrogens with one attached hydrogen (secondary N) is 1. The van der Waals surface area contributed by atoms with Crippen molar-refractivity contribution >= 4 is 5.97 Å². The van der Waals surface area contributed by atoms with E-state index in [2.05, 4.69) is 16.3 Å². The zero-order valence-electron chi connectivity index (χ0n) is 14.2. The van der Waals surface area contributed by atoms with Crippen LogP contribution in [0.4, 0.5) is 0 Å². The van der Waals surface area contributed by atoms with E-state index in [0.29, 0.717) is 17.2 Å². The number of fused-ring (bicyclic) bond motifs is 1. The number of carbonyl (C=O) groups is 1. The topological polar surface area (TPSA) is 127 Å². The standard InChI is InChI=1S/C19H14N4O4/c1-10-15-16(13(9-20)17(21)27-18(15)23-22-10)11-4-6-12(7-5-11)26-19(24)14-3-2-8-25-14/h2-8,16H,21H2,1H3,(H,22,23)/t16-/m0/s1. The van der Waals surface area contributed by atoms with Crippen molar-refractivity contribution in [2.75, 3.05) is 0 Å². The zero-order chi connectivity index (χ0) is 19.0. The third-order valence-electron chi connectivity index (χ3n) is 4.28. The fraction of sp³-hybridized carbons (Fsp3) is 0.105. The summed E-state index contributed by atoms with van der Waals surface area (Å²) in [5, 5.41) is 16.5. The van der Waals surface area contributed by atoms with E-state index < -0.39 is 11.9 Å². The van der Waals surface area contributed by atoms with Crippen molar-refractivity contribution < 1.29 is 18.7 Å². The first-order valence-electron chi connectivity index (χ1n) is 8.06. The zero-order valence-corrected chi connectivity index (χ0v) is 14.2. The molecule has 0 radical (unpaired) electrons. The maximum Gasteiger partial charge on any atom is 0.379 e. The molecule has 2 aromatic heterocycles. The monoisotopic (exact) mass is 362 g/mol. The number of nitrogens with zero attached hydrogens (tertiary/aromatic N) is 2. The van der Waals surface area contributed by atoms with Gasteiger partial charge in [-0.3, -0.25) is 5.10 Å². The summed E-state index contributed by atoms with van der Waals surface area (Å²) < 4.78 is 15.7. The lowest BCUT2D eigenvalue weighted by Gasteiger charge is -2.23. The van der Waals surface area contributed by atoms with Crippen LogP contribution in [0.3, 0.4) is 0 Å². The Balaban J connectivity index is 1.66. The molecule has 1 aliphatic rings. The van der Waals surface area contributed by atoms with E-state index in [1.807, 2.05) is 6.92 Å². The Kier molecular flexibility index (Phi) is 3.90. The summed E-state index contributed by atoms with van der Waals surface area (Å²) in [5.74, 6) is -0.172. The second-order valence-electron chi connectivity index (χ2n) is 5.93. The number of furan rings is 1. The van der Waals surface area contributed by atoms with E-state index in [4.69, 9.17) is 19.6 Å². The average Bonchev–Trinajstić information content (AvgIpc) is 3.32. The molecule has 0 bridgehead atoms. The van der Waals surface area contributed by atoms with Gasteiger partial charge in [-0.15, -0.1) is 5.10 Å². The molecule has 3 N–H and O–H groups in total. The molecule has 3 aromatic rings. The Morgan fingerprint density at radius 2 is 2.11 bits per heavy atom. The third-order valence-corrected chi connectivity index (χ3v) is 4.28. The number of carbonyl (C=O) groups excluding carboxylic acids is 1. The van der Waals surface area contributed by atoms with Crippen LogP contribution in [0.15, 0.2) is 58.5 Å². The normalized spacial score (nSPS) is 15.6. The molecule has 0 unspecified atom stereocenters.